The van der Waals surface area contributed by atoms with Gasteiger partial charge in [0, 0.05) is 19.8 Å². The van der Waals surface area contributed by atoms with Crippen molar-refractivity contribution < 1.29 is 4.74 Å². The minimum absolute atomic E-state index is 0.319. The van der Waals surface area contributed by atoms with Crippen LogP contribution in [0.3, 0.4) is 0 Å². The second-order valence-corrected chi connectivity index (χ2v) is 3.82. The quantitative estimate of drug-likeness (QED) is 0.887. The van der Waals surface area contributed by atoms with Crippen molar-refractivity contribution in [2.75, 3.05) is 30.9 Å². The molecule has 2 aromatic rings. The van der Waals surface area contributed by atoms with Crippen molar-refractivity contribution in [1.29, 1.82) is 0 Å². The van der Waals surface area contributed by atoms with Crippen LogP contribution in [-0.4, -0.2) is 35.7 Å². The molecule has 1 N–H and O–H groups in total. The van der Waals surface area contributed by atoms with Crippen molar-refractivity contribution in [1.82, 2.24) is 15.0 Å². The van der Waals surface area contributed by atoms with Gasteiger partial charge in [-0.1, -0.05) is 18.2 Å². The van der Waals surface area contributed by atoms with Gasteiger partial charge in [0.2, 0.25) is 11.9 Å². The van der Waals surface area contributed by atoms with Gasteiger partial charge in [0.1, 0.15) is 0 Å². The second kappa shape index (κ2) is 5.99. The molecule has 0 fully saturated rings. The molecular weight excluding hydrogens is 242 g/mol. The van der Waals surface area contributed by atoms with Crippen molar-refractivity contribution >= 4 is 17.6 Å². The first-order chi connectivity index (χ1) is 9.24. The average Bonchev–Trinajstić information content (AvgIpc) is 2.47. The predicted molar refractivity (Wildman–Crippen MR) is 75.0 cm³/mol. The van der Waals surface area contributed by atoms with Crippen LogP contribution in [0.4, 0.5) is 17.6 Å². The van der Waals surface area contributed by atoms with Gasteiger partial charge in [-0.25, -0.2) is 0 Å². The summed E-state index contributed by atoms with van der Waals surface area (Å²) in [5.74, 6) is 1.02. The molecule has 0 saturated carbocycles. The first-order valence-corrected chi connectivity index (χ1v) is 6.10. The monoisotopic (exact) mass is 259 g/mol. The first-order valence-electron chi connectivity index (χ1n) is 6.10. The van der Waals surface area contributed by atoms with Gasteiger partial charge >= 0.3 is 6.01 Å². The molecule has 100 valence electrons. The third-order valence-corrected chi connectivity index (χ3v) is 2.54. The van der Waals surface area contributed by atoms with Crippen molar-refractivity contribution in [3.8, 4) is 6.01 Å². The van der Waals surface area contributed by atoms with E-state index in [9.17, 15) is 0 Å². The largest absolute Gasteiger partial charge is 0.464 e. The summed E-state index contributed by atoms with van der Waals surface area (Å²) < 4.78 is 5.35. The predicted octanol–water partition coefficient (Wildman–Crippen LogP) is 2.08. The molecule has 0 atom stereocenters. The molecule has 0 bridgehead atoms. The molecule has 0 spiro atoms. The minimum atomic E-state index is 0.319. The molecule has 6 heteroatoms. The Bertz CT molecular complexity index is 532. The van der Waals surface area contributed by atoms with Crippen LogP contribution in [-0.2, 0) is 0 Å². The van der Waals surface area contributed by atoms with E-state index in [2.05, 4.69) is 20.3 Å². The van der Waals surface area contributed by atoms with Crippen LogP contribution in [0.15, 0.2) is 30.3 Å². The Balaban J connectivity index is 2.35. The zero-order valence-electron chi connectivity index (χ0n) is 11.3. The molecule has 1 aromatic heterocycles. The lowest BCUT2D eigenvalue weighted by Gasteiger charge is -2.17. The lowest BCUT2D eigenvalue weighted by atomic mass is 10.3. The molecule has 6 nitrogen and oxygen atoms in total. The number of hydrogen-bond acceptors (Lipinski definition) is 6. The van der Waals surface area contributed by atoms with Gasteiger partial charge < -0.3 is 15.0 Å². The highest BCUT2D eigenvalue weighted by Crippen LogP contribution is 2.21. The Kier molecular flexibility index (Phi) is 4.12. The zero-order chi connectivity index (χ0) is 13.7. The highest BCUT2D eigenvalue weighted by Gasteiger charge is 2.11. The van der Waals surface area contributed by atoms with Gasteiger partial charge in [-0.2, -0.15) is 15.0 Å². The molecular formula is C13H17N5O. The summed E-state index contributed by atoms with van der Waals surface area (Å²) in [7, 11) is 3.66. The lowest BCUT2D eigenvalue weighted by molar-refractivity contribution is 0.312. The van der Waals surface area contributed by atoms with Crippen LogP contribution in [0.2, 0.25) is 0 Å². The third kappa shape index (κ3) is 3.09. The Morgan fingerprint density at radius 2 is 1.89 bits per heavy atom. The highest BCUT2D eigenvalue weighted by molar-refractivity contribution is 5.56. The number of benzene rings is 1. The molecule has 0 aliphatic heterocycles. The van der Waals surface area contributed by atoms with Gasteiger partial charge in [0.05, 0.1) is 6.61 Å². The average molecular weight is 259 g/mol. The van der Waals surface area contributed by atoms with E-state index in [1.165, 1.54) is 0 Å². The van der Waals surface area contributed by atoms with E-state index in [0.717, 1.165) is 5.69 Å². The molecule has 19 heavy (non-hydrogen) atoms. The number of aromatic nitrogens is 3. The molecule has 0 unspecified atom stereocenters. The summed E-state index contributed by atoms with van der Waals surface area (Å²) in [5.41, 5.74) is 0.998. The van der Waals surface area contributed by atoms with Crippen LogP contribution in [0.25, 0.3) is 0 Å². The summed E-state index contributed by atoms with van der Waals surface area (Å²) in [4.78, 5) is 14.6. The van der Waals surface area contributed by atoms with Crippen molar-refractivity contribution in [2.24, 2.45) is 0 Å². The number of nitrogens with one attached hydrogen (secondary N) is 1. The number of hydrogen-bond donors (Lipinski definition) is 1. The van der Waals surface area contributed by atoms with Gasteiger partial charge in [0.25, 0.3) is 0 Å². The molecule has 2 rings (SSSR count). The van der Waals surface area contributed by atoms with E-state index in [1.807, 2.05) is 49.2 Å². The standard InChI is InChI=1S/C13H17N5O/c1-4-19-13-16-11(14-2)15-12(17-13)18(3)10-8-6-5-7-9-10/h5-9H,4H2,1-3H3,(H,14,15,16,17). The first kappa shape index (κ1) is 13.1. The Hall–Kier alpha value is -2.37. The van der Waals surface area contributed by atoms with E-state index in [0.29, 0.717) is 24.5 Å². The van der Waals surface area contributed by atoms with E-state index in [-0.39, 0.29) is 0 Å². The van der Waals surface area contributed by atoms with Gasteiger partial charge in [0.15, 0.2) is 0 Å². The maximum absolute atomic E-state index is 5.35. The highest BCUT2D eigenvalue weighted by atomic mass is 16.5. The summed E-state index contributed by atoms with van der Waals surface area (Å²) in [6, 6.07) is 10.2. The minimum Gasteiger partial charge on any atom is -0.464 e. The smallest absolute Gasteiger partial charge is 0.323 e. The van der Waals surface area contributed by atoms with E-state index >= 15 is 0 Å². The Labute approximate surface area is 112 Å². The van der Waals surface area contributed by atoms with Gasteiger partial charge in [-0.3, -0.25) is 0 Å². The fraction of sp³-hybridized carbons (Fsp3) is 0.308. The van der Waals surface area contributed by atoms with Crippen LogP contribution < -0.4 is 15.0 Å². The Morgan fingerprint density at radius 3 is 2.53 bits per heavy atom. The molecule has 1 aromatic carbocycles. The molecule has 0 amide bonds. The number of nitrogens with zero attached hydrogens (tertiary/aromatic N) is 4. The third-order valence-electron chi connectivity index (χ3n) is 2.54. The lowest BCUT2D eigenvalue weighted by Crippen LogP contribution is -2.15. The van der Waals surface area contributed by atoms with Gasteiger partial charge in [-0.15, -0.1) is 0 Å². The van der Waals surface area contributed by atoms with Crippen LogP contribution >= 0.6 is 0 Å². The molecule has 0 saturated heterocycles. The maximum atomic E-state index is 5.35. The number of anilines is 3. The van der Waals surface area contributed by atoms with E-state index < -0.39 is 0 Å². The van der Waals surface area contributed by atoms with Crippen molar-refractivity contribution in [3.05, 3.63) is 30.3 Å². The molecule has 1 heterocycles. The summed E-state index contributed by atoms with van der Waals surface area (Å²) in [6.45, 7) is 2.41. The fourth-order valence-corrected chi connectivity index (χ4v) is 1.57. The second-order valence-electron chi connectivity index (χ2n) is 3.82. The van der Waals surface area contributed by atoms with Crippen LogP contribution in [0.5, 0.6) is 6.01 Å². The number of ether oxygens (including phenoxy) is 1. The van der Waals surface area contributed by atoms with E-state index in [4.69, 9.17) is 4.74 Å². The van der Waals surface area contributed by atoms with Crippen molar-refractivity contribution in [3.63, 3.8) is 0 Å². The molecule has 0 radical (unpaired) electrons. The summed E-state index contributed by atoms with van der Waals surface area (Å²) in [5, 5.41) is 2.90. The summed E-state index contributed by atoms with van der Waals surface area (Å²) in [6.07, 6.45) is 0. The van der Waals surface area contributed by atoms with Gasteiger partial charge in [-0.05, 0) is 19.1 Å². The topological polar surface area (TPSA) is 63.2 Å². The van der Waals surface area contributed by atoms with Crippen LogP contribution in [0, 0.1) is 0 Å². The normalized spacial score (nSPS) is 10.1. The fourth-order valence-electron chi connectivity index (χ4n) is 1.57. The summed E-state index contributed by atoms with van der Waals surface area (Å²) >= 11 is 0. The Morgan fingerprint density at radius 1 is 1.16 bits per heavy atom. The molecule has 0 aliphatic carbocycles. The van der Waals surface area contributed by atoms with Crippen molar-refractivity contribution in [2.45, 2.75) is 6.92 Å². The number of para-hydroxylation sites is 1. The maximum Gasteiger partial charge on any atom is 0.323 e. The van der Waals surface area contributed by atoms with E-state index in [1.54, 1.807) is 7.05 Å². The SMILES string of the molecule is CCOc1nc(NC)nc(N(C)c2ccccc2)n1. The molecule has 0 aliphatic rings. The number of rotatable bonds is 5. The van der Waals surface area contributed by atoms with Crippen LogP contribution in [0.1, 0.15) is 6.92 Å². The zero-order valence-corrected chi connectivity index (χ0v) is 11.3.